The van der Waals surface area contributed by atoms with Gasteiger partial charge in [-0.2, -0.15) is 0 Å². The molecular formula is C21H19N3O5. The van der Waals surface area contributed by atoms with Crippen LogP contribution in [-0.2, 0) is 14.3 Å². The number of nitrogens with one attached hydrogen (secondary N) is 1. The summed E-state index contributed by atoms with van der Waals surface area (Å²) in [5.74, 6) is -1.22. The number of primary amides is 1. The predicted molar refractivity (Wildman–Crippen MR) is 105 cm³/mol. The zero-order valence-electron chi connectivity index (χ0n) is 15.7. The number of ether oxygens (including phenoxy) is 1. The van der Waals surface area contributed by atoms with Crippen LogP contribution in [0.15, 0.2) is 59.1 Å². The van der Waals surface area contributed by atoms with Crippen LogP contribution in [0.1, 0.15) is 15.9 Å². The maximum absolute atomic E-state index is 12.4. The topological polar surface area (TPSA) is 125 Å². The number of nitrogens with two attached hydrogens (primary N) is 1. The molecule has 0 aliphatic rings. The van der Waals surface area contributed by atoms with E-state index in [-0.39, 0.29) is 18.0 Å². The van der Waals surface area contributed by atoms with Gasteiger partial charge in [0.2, 0.25) is 11.8 Å². The average molecular weight is 393 g/mol. The van der Waals surface area contributed by atoms with E-state index < -0.39 is 24.4 Å². The van der Waals surface area contributed by atoms with Crippen LogP contribution in [0, 0.1) is 6.92 Å². The van der Waals surface area contributed by atoms with Gasteiger partial charge in [-0.1, -0.05) is 42.0 Å². The molecule has 0 fully saturated rings. The maximum atomic E-state index is 12.4. The highest BCUT2D eigenvalue weighted by atomic mass is 16.5. The monoisotopic (exact) mass is 393 g/mol. The highest BCUT2D eigenvalue weighted by molar-refractivity contribution is 5.97. The molecule has 2 aromatic carbocycles. The zero-order valence-corrected chi connectivity index (χ0v) is 15.7. The Bertz CT molecular complexity index is 1040. The number of rotatable bonds is 7. The molecule has 0 atom stereocenters. The maximum Gasteiger partial charge on any atom is 0.339 e. The number of nitrogens with zero attached hydrogens (tertiary/aromatic N) is 1. The van der Waals surface area contributed by atoms with Crippen molar-refractivity contribution in [3.63, 3.8) is 0 Å². The minimum Gasteiger partial charge on any atom is -0.452 e. The van der Waals surface area contributed by atoms with Gasteiger partial charge >= 0.3 is 5.97 Å². The number of esters is 1. The van der Waals surface area contributed by atoms with Crippen LogP contribution in [0.3, 0.4) is 0 Å². The van der Waals surface area contributed by atoms with Crippen LogP contribution < -0.4 is 11.1 Å². The second-order valence-corrected chi connectivity index (χ2v) is 6.26. The molecule has 8 nitrogen and oxygen atoms in total. The third kappa shape index (κ3) is 5.07. The molecule has 0 saturated heterocycles. The Morgan fingerprint density at radius 2 is 1.83 bits per heavy atom. The average Bonchev–Trinajstić information content (AvgIpc) is 3.21. The van der Waals surface area contributed by atoms with Gasteiger partial charge < -0.3 is 20.2 Å². The number of aryl methyl sites for hydroxylation is 1. The van der Waals surface area contributed by atoms with E-state index in [2.05, 4.69) is 10.3 Å². The Labute approximate surface area is 166 Å². The summed E-state index contributed by atoms with van der Waals surface area (Å²) in [5, 5.41) is 2.24. The summed E-state index contributed by atoms with van der Waals surface area (Å²) >= 11 is 0. The van der Waals surface area contributed by atoms with Crippen molar-refractivity contribution in [2.24, 2.45) is 5.73 Å². The molecule has 8 heteroatoms. The lowest BCUT2D eigenvalue weighted by Gasteiger charge is -2.08. The Kier molecular flexibility index (Phi) is 6.03. The summed E-state index contributed by atoms with van der Waals surface area (Å²) in [6.45, 7) is 1.12. The molecule has 2 amide bonds. The molecule has 1 heterocycles. The highest BCUT2D eigenvalue weighted by Crippen LogP contribution is 2.28. The fourth-order valence-corrected chi connectivity index (χ4v) is 2.54. The first-order chi connectivity index (χ1) is 13.9. The third-order valence-electron chi connectivity index (χ3n) is 4.01. The van der Waals surface area contributed by atoms with E-state index in [1.165, 1.54) is 0 Å². The number of amides is 2. The van der Waals surface area contributed by atoms with Gasteiger partial charge in [0.15, 0.2) is 12.4 Å². The first-order valence-electron chi connectivity index (χ1n) is 8.78. The molecule has 0 radical (unpaired) electrons. The number of carbonyl (C=O) groups is 3. The van der Waals surface area contributed by atoms with E-state index in [9.17, 15) is 14.4 Å². The van der Waals surface area contributed by atoms with Crippen LogP contribution >= 0.6 is 0 Å². The number of aromatic nitrogens is 1. The summed E-state index contributed by atoms with van der Waals surface area (Å²) < 4.78 is 10.8. The molecule has 148 valence electrons. The van der Waals surface area contributed by atoms with Crippen molar-refractivity contribution in [3.8, 4) is 22.8 Å². The van der Waals surface area contributed by atoms with Crippen molar-refractivity contribution in [2.45, 2.75) is 6.92 Å². The van der Waals surface area contributed by atoms with Crippen LogP contribution in [0.4, 0.5) is 0 Å². The Balaban J connectivity index is 1.75. The standard InChI is InChI=1S/C21H19N3O5/c1-13-6-8-14(9-7-13)17-10-24-20(29-17)15-4-2-3-5-16(15)21(27)28-12-19(26)23-11-18(22)25/h2-10H,11-12H2,1H3,(H2,22,25)(H,23,26). The lowest BCUT2D eigenvalue weighted by Crippen LogP contribution is -2.36. The summed E-state index contributed by atoms with van der Waals surface area (Å²) in [7, 11) is 0. The second kappa shape index (κ2) is 8.83. The first-order valence-corrected chi connectivity index (χ1v) is 8.78. The number of hydrogen-bond acceptors (Lipinski definition) is 6. The zero-order chi connectivity index (χ0) is 20.8. The number of benzene rings is 2. The van der Waals surface area contributed by atoms with Gasteiger partial charge in [-0.25, -0.2) is 9.78 Å². The SMILES string of the molecule is Cc1ccc(-c2cnc(-c3ccccc3C(=O)OCC(=O)NCC(N)=O)o2)cc1. The molecule has 29 heavy (non-hydrogen) atoms. The van der Waals surface area contributed by atoms with Gasteiger partial charge in [-0.15, -0.1) is 0 Å². The molecule has 0 aliphatic heterocycles. The predicted octanol–water partition coefficient (Wildman–Crippen LogP) is 2.08. The summed E-state index contributed by atoms with van der Waals surface area (Å²) in [6, 6.07) is 14.4. The molecule has 0 unspecified atom stereocenters. The minimum atomic E-state index is -0.718. The fraction of sp³-hybridized carbons (Fsp3) is 0.143. The fourth-order valence-electron chi connectivity index (χ4n) is 2.54. The molecule has 0 bridgehead atoms. The minimum absolute atomic E-state index is 0.201. The molecule has 0 spiro atoms. The van der Waals surface area contributed by atoms with Crippen molar-refractivity contribution >= 4 is 17.8 Å². The van der Waals surface area contributed by atoms with Crippen LogP contribution in [0.25, 0.3) is 22.8 Å². The molecule has 0 saturated carbocycles. The summed E-state index contributed by atoms with van der Waals surface area (Å²) in [5.41, 5.74) is 7.57. The van der Waals surface area contributed by atoms with Crippen molar-refractivity contribution in [2.75, 3.05) is 13.2 Å². The van der Waals surface area contributed by atoms with Gasteiger partial charge in [0.25, 0.3) is 5.91 Å². The Morgan fingerprint density at radius 1 is 1.10 bits per heavy atom. The molecule has 3 aromatic rings. The smallest absolute Gasteiger partial charge is 0.339 e. The van der Waals surface area contributed by atoms with Gasteiger partial charge in [0.1, 0.15) is 0 Å². The third-order valence-corrected chi connectivity index (χ3v) is 4.01. The Hall–Kier alpha value is -3.94. The largest absolute Gasteiger partial charge is 0.452 e. The molecule has 0 aliphatic carbocycles. The van der Waals surface area contributed by atoms with E-state index >= 15 is 0 Å². The molecule has 3 N–H and O–H groups in total. The van der Waals surface area contributed by atoms with Crippen LogP contribution in [0.5, 0.6) is 0 Å². The summed E-state index contributed by atoms with van der Waals surface area (Å²) in [4.78, 5) is 39.0. The van der Waals surface area contributed by atoms with Gasteiger partial charge in [0, 0.05) is 5.56 Å². The van der Waals surface area contributed by atoms with Crippen molar-refractivity contribution in [3.05, 3.63) is 65.9 Å². The molecule has 3 rings (SSSR count). The number of carbonyl (C=O) groups excluding carboxylic acids is 3. The molecular weight excluding hydrogens is 374 g/mol. The lowest BCUT2D eigenvalue weighted by molar-refractivity contribution is -0.127. The number of oxazole rings is 1. The second-order valence-electron chi connectivity index (χ2n) is 6.26. The van der Waals surface area contributed by atoms with Crippen molar-refractivity contribution in [1.82, 2.24) is 10.3 Å². The molecule has 1 aromatic heterocycles. The Morgan fingerprint density at radius 3 is 2.55 bits per heavy atom. The van der Waals surface area contributed by atoms with E-state index in [1.807, 2.05) is 31.2 Å². The van der Waals surface area contributed by atoms with E-state index in [4.69, 9.17) is 14.9 Å². The highest BCUT2D eigenvalue weighted by Gasteiger charge is 2.19. The van der Waals surface area contributed by atoms with Crippen LogP contribution in [-0.4, -0.2) is 35.9 Å². The van der Waals surface area contributed by atoms with Crippen LogP contribution in [0.2, 0.25) is 0 Å². The van der Waals surface area contributed by atoms with E-state index in [1.54, 1.807) is 30.5 Å². The van der Waals surface area contributed by atoms with Crippen molar-refractivity contribution in [1.29, 1.82) is 0 Å². The normalized spacial score (nSPS) is 10.4. The first kappa shape index (κ1) is 19.8. The van der Waals surface area contributed by atoms with Gasteiger partial charge in [0.05, 0.1) is 23.9 Å². The van der Waals surface area contributed by atoms with E-state index in [0.29, 0.717) is 11.3 Å². The number of hydrogen-bond donors (Lipinski definition) is 2. The van der Waals surface area contributed by atoms with Gasteiger partial charge in [-0.3, -0.25) is 9.59 Å². The quantitative estimate of drug-likeness (QED) is 0.592. The van der Waals surface area contributed by atoms with Crippen molar-refractivity contribution < 1.29 is 23.5 Å². The summed E-state index contributed by atoms with van der Waals surface area (Å²) in [6.07, 6.45) is 1.58. The lowest BCUT2D eigenvalue weighted by atomic mass is 10.1. The van der Waals surface area contributed by atoms with E-state index in [0.717, 1.165) is 11.1 Å². The van der Waals surface area contributed by atoms with Gasteiger partial charge in [-0.05, 0) is 19.1 Å².